The number of ether oxygens (including phenoxy) is 2. The predicted octanol–water partition coefficient (Wildman–Crippen LogP) is 3.50. The lowest BCUT2D eigenvalue weighted by atomic mass is 10.3. The molecule has 26 heavy (non-hydrogen) atoms. The van der Waals surface area contributed by atoms with Crippen molar-refractivity contribution in [3.8, 4) is 11.5 Å². The van der Waals surface area contributed by atoms with Gasteiger partial charge in [0.25, 0.3) is 0 Å². The van der Waals surface area contributed by atoms with Crippen molar-refractivity contribution >= 4 is 11.0 Å². The van der Waals surface area contributed by atoms with Crippen LogP contribution in [0, 0.1) is 0 Å². The third kappa shape index (κ3) is 3.91. The van der Waals surface area contributed by atoms with Crippen LogP contribution in [-0.4, -0.2) is 34.5 Å². The summed E-state index contributed by atoms with van der Waals surface area (Å²) in [6, 6.07) is 13.0. The van der Waals surface area contributed by atoms with Gasteiger partial charge in [-0.2, -0.15) is 13.2 Å². The lowest BCUT2D eigenvalue weighted by Crippen LogP contribution is -2.26. The van der Waals surface area contributed by atoms with Crippen molar-refractivity contribution < 1.29 is 27.8 Å². The van der Waals surface area contributed by atoms with Gasteiger partial charge in [-0.25, -0.2) is 4.98 Å². The molecule has 0 saturated heterocycles. The summed E-state index contributed by atoms with van der Waals surface area (Å²) in [5.74, 6) is 0.0937. The van der Waals surface area contributed by atoms with Gasteiger partial charge in [-0.05, 0) is 36.4 Å². The highest BCUT2D eigenvalue weighted by atomic mass is 19.4. The summed E-state index contributed by atoms with van der Waals surface area (Å²) < 4.78 is 51.2. The lowest BCUT2D eigenvalue weighted by molar-refractivity contribution is -0.147. The quantitative estimate of drug-likeness (QED) is 0.725. The number of aromatic nitrogens is 2. The third-order valence-electron chi connectivity index (χ3n) is 3.80. The van der Waals surface area contributed by atoms with E-state index in [-0.39, 0.29) is 18.7 Å². The molecular formula is C18H17F3N2O3. The molecule has 8 heteroatoms. The van der Waals surface area contributed by atoms with Gasteiger partial charge in [-0.15, -0.1) is 0 Å². The zero-order chi connectivity index (χ0) is 18.7. The molecule has 3 rings (SSSR count). The Bertz CT molecular complexity index is 876. The molecule has 1 atom stereocenters. The van der Waals surface area contributed by atoms with Gasteiger partial charge in [-0.3, -0.25) is 0 Å². The number of methoxy groups -OCH3 is 1. The standard InChI is InChI=1S/C18H17F3N2O3/c1-25-13-6-8-14(9-7-13)26-11-12(24)10-23-16-5-3-2-4-15(16)22-17(23)18(19,20)21/h2-9,12,24H,10-11H2,1H3/t12-/m1/s1. The van der Waals surface area contributed by atoms with Crippen LogP contribution in [0.25, 0.3) is 11.0 Å². The van der Waals surface area contributed by atoms with E-state index in [4.69, 9.17) is 9.47 Å². The van der Waals surface area contributed by atoms with E-state index in [1.54, 1.807) is 36.4 Å². The minimum atomic E-state index is -4.62. The Balaban J connectivity index is 1.75. The molecule has 2 aromatic carbocycles. The average molecular weight is 366 g/mol. The molecule has 138 valence electrons. The summed E-state index contributed by atoms with van der Waals surface area (Å²) in [7, 11) is 1.54. The zero-order valence-electron chi connectivity index (χ0n) is 13.9. The highest BCUT2D eigenvalue weighted by Gasteiger charge is 2.37. The minimum Gasteiger partial charge on any atom is -0.497 e. The number of aliphatic hydroxyl groups excluding tert-OH is 1. The summed E-state index contributed by atoms with van der Waals surface area (Å²) in [5.41, 5.74) is 0.534. The smallest absolute Gasteiger partial charge is 0.449 e. The summed E-state index contributed by atoms with van der Waals surface area (Å²) in [5, 5.41) is 10.2. The number of hydrogen-bond acceptors (Lipinski definition) is 4. The Kier molecular flexibility index (Phi) is 5.03. The Labute approximate surface area is 147 Å². The van der Waals surface area contributed by atoms with E-state index in [0.29, 0.717) is 17.0 Å². The molecular weight excluding hydrogens is 349 g/mol. The second-order valence-electron chi connectivity index (χ2n) is 5.67. The first-order chi connectivity index (χ1) is 12.4. The summed E-state index contributed by atoms with van der Waals surface area (Å²) >= 11 is 0. The predicted molar refractivity (Wildman–Crippen MR) is 89.2 cm³/mol. The van der Waals surface area contributed by atoms with Crippen LogP contribution in [0.3, 0.4) is 0 Å². The zero-order valence-corrected chi connectivity index (χ0v) is 13.9. The first-order valence-corrected chi connectivity index (χ1v) is 7.86. The second kappa shape index (κ2) is 7.25. The van der Waals surface area contributed by atoms with Crippen molar-refractivity contribution in [1.29, 1.82) is 0 Å². The van der Waals surface area contributed by atoms with Gasteiger partial charge in [0.1, 0.15) is 24.2 Å². The fraction of sp³-hybridized carbons (Fsp3) is 0.278. The monoisotopic (exact) mass is 366 g/mol. The Hall–Kier alpha value is -2.74. The van der Waals surface area contributed by atoms with Crippen molar-refractivity contribution in [1.82, 2.24) is 9.55 Å². The molecule has 0 amide bonds. The fourth-order valence-corrected chi connectivity index (χ4v) is 2.60. The summed E-state index contributed by atoms with van der Waals surface area (Å²) in [4.78, 5) is 3.65. The van der Waals surface area contributed by atoms with Gasteiger partial charge in [-0.1, -0.05) is 12.1 Å². The fourth-order valence-electron chi connectivity index (χ4n) is 2.60. The average Bonchev–Trinajstić information content (AvgIpc) is 2.99. The van der Waals surface area contributed by atoms with E-state index < -0.39 is 18.1 Å². The number of imidazole rings is 1. The van der Waals surface area contributed by atoms with Crippen LogP contribution in [0.5, 0.6) is 11.5 Å². The third-order valence-corrected chi connectivity index (χ3v) is 3.80. The van der Waals surface area contributed by atoms with Crippen molar-refractivity contribution in [3.05, 3.63) is 54.4 Å². The molecule has 0 saturated carbocycles. The number of aliphatic hydroxyl groups is 1. The summed E-state index contributed by atoms with van der Waals surface area (Å²) in [6.45, 7) is -0.443. The van der Waals surface area contributed by atoms with E-state index in [1.165, 1.54) is 19.2 Å². The van der Waals surface area contributed by atoms with Crippen LogP contribution in [0.1, 0.15) is 5.82 Å². The highest BCUT2D eigenvalue weighted by molar-refractivity contribution is 5.76. The van der Waals surface area contributed by atoms with E-state index in [9.17, 15) is 18.3 Å². The topological polar surface area (TPSA) is 56.5 Å². The first kappa shape index (κ1) is 18.1. The number of halogens is 3. The van der Waals surface area contributed by atoms with Crippen molar-refractivity contribution in [2.24, 2.45) is 0 Å². The molecule has 0 radical (unpaired) electrons. The number of hydrogen-bond donors (Lipinski definition) is 1. The molecule has 0 aliphatic heterocycles. The normalized spacial score (nSPS) is 13.0. The number of alkyl halides is 3. The molecule has 1 heterocycles. The van der Waals surface area contributed by atoms with Gasteiger partial charge in [0.15, 0.2) is 0 Å². The minimum absolute atomic E-state index is 0.157. The van der Waals surface area contributed by atoms with E-state index >= 15 is 0 Å². The largest absolute Gasteiger partial charge is 0.497 e. The van der Waals surface area contributed by atoms with E-state index in [1.807, 2.05) is 0 Å². The van der Waals surface area contributed by atoms with E-state index in [0.717, 1.165) is 4.57 Å². The Morgan fingerprint density at radius 1 is 1.08 bits per heavy atom. The molecule has 0 bridgehead atoms. The Morgan fingerprint density at radius 3 is 2.38 bits per heavy atom. The van der Waals surface area contributed by atoms with Crippen molar-refractivity contribution in [2.75, 3.05) is 13.7 Å². The van der Waals surface area contributed by atoms with Gasteiger partial charge in [0.2, 0.25) is 5.82 Å². The van der Waals surface area contributed by atoms with Crippen molar-refractivity contribution in [3.63, 3.8) is 0 Å². The summed E-state index contributed by atoms with van der Waals surface area (Å²) in [6.07, 6.45) is -5.76. The first-order valence-electron chi connectivity index (χ1n) is 7.86. The molecule has 0 spiro atoms. The van der Waals surface area contributed by atoms with Crippen LogP contribution in [-0.2, 0) is 12.7 Å². The lowest BCUT2D eigenvalue weighted by Gasteiger charge is -2.16. The van der Waals surface area contributed by atoms with Gasteiger partial charge < -0.3 is 19.1 Å². The maximum atomic E-state index is 13.3. The molecule has 5 nitrogen and oxygen atoms in total. The molecule has 0 aliphatic rings. The number of nitrogens with zero attached hydrogens (tertiary/aromatic N) is 2. The number of benzene rings is 2. The van der Waals surface area contributed by atoms with Crippen molar-refractivity contribution in [2.45, 2.75) is 18.8 Å². The van der Waals surface area contributed by atoms with Crippen LogP contribution in [0.2, 0.25) is 0 Å². The molecule has 1 N–H and O–H groups in total. The van der Waals surface area contributed by atoms with Crippen LogP contribution in [0.4, 0.5) is 13.2 Å². The maximum absolute atomic E-state index is 13.3. The number of para-hydroxylation sites is 2. The van der Waals surface area contributed by atoms with Crippen LogP contribution in [0.15, 0.2) is 48.5 Å². The maximum Gasteiger partial charge on any atom is 0.449 e. The molecule has 3 aromatic rings. The number of rotatable bonds is 6. The molecule has 0 unspecified atom stereocenters. The van der Waals surface area contributed by atoms with Crippen LogP contribution >= 0.6 is 0 Å². The van der Waals surface area contributed by atoms with E-state index in [2.05, 4.69) is 4.98 Å². The second-order valence-corrected chi connectivity index (χ2v) is 5.67. The SMILES string of the molecule is COc1ccc(OC[C@H](O)Cn2c(C(F)(F)F)nc3ccccc32)cc1. The molecule has 0 aliphatic carbocycles. The van der Waals surface area contributed by atoms with Gasteiger partial charge in [0.05, 0.1) is 24.7 Å². The Morgan fingerprint density at radius 2 is 1.73 bits per heavy atom. The highest BCUT2D eigenvalue weighted by Crippen LogP contribution is 2.31. The van der Waals surface area contributed by atoms with Crippen LogP contribution < -0.4 is 9.47 Å². The number of fused-ring (bicyclic) bond motifs is 1. The molecule has 1 aromatic heterocycles. The molecule has 0 fully saturated rings. The van der Waals surface area contributed by atoms with Gasteiger partial charge in [0, 0.05) is 0 Å². The van der Waals surface area contributed by atoms with Gasteiger partial charge >= 0.3 is 6.18 Å².